The molecule has 0 spiro atoms. The van der Waals surface area contributed by atoms with E-state index in [1.165, 1.54) is 13.3 Å². The third-order valence-corrected chi connectivity index (χ3v) is 2.39. The number of aliphatic hydroxyl groups excluding tert-OH is 1. The van der Waals surface area contributed by atoms with Gasteiger partial charge in [0.2, 0.25) is 0 Å². The highest BCUT2D eigenvalue weighted by atomic mass is 16.5. The highest BCUT2D eigenvalue weighted by molar-refractivity contribution is 5.88. The van der Waals surface area contributed by atoms with Gasteiger partial charge in [0.25, 0.3) is 0 Å². The van der Waals surface area contributed by atoms with Crippen LogP contribution in [0, 0.1) is 0 Å². The van der Waals surface area contributed by atoms with Gasteiger partial charge in [0, 0.05) is 6.20 Å². The Balaban J connectivity index is 2.27. The average Bonchev–Trinajstić information content (AvgIpc) is 2.87. The third-order valence-electron chi connectivity index (χ3n) is 2.39. The van der Waals surface area contributed by atoms with Gasteiger partial charge in [-0.25, -0.2) is 9.48 Å². The number of esters is 1. The lowest BCUT2D eigenvalue weighted by atomic mass is 10.2. The van der Waals surface area contributed by atoms with Crippen molar-refractivity contribution in [2.75, 3.05) is 7.11 Å². The maximum absolute atomic E-state index is 11.2. The third kappa shape index (κ3) is 2.34. The normalized spacial score (nSPS) is 10.2. The van der Waals surface area contributed by atoms with Crippen molar-refractivity contribution in [2.45, 2.75) is 6.61 Å². The molecule has 0 aliphatic heterocycles. The van der Waals surface area contributed by atoms with E-state index < -0.39 is 5.97 Å². The predicted octanol–water partition coefficient (Wildman–Crippen LogP) is 1.15. The molecule has 1 aromatic carbocycles. The Bertz CT molecular complexity index is 517. The molecule has 1 N–H and O–H groups in total. The Morgan fingerprint density at radius 3 is 2.71 bits per heavy atom. The second kappa shape index (κ2) is 4.80. The van der Waals surface area contributed by atoms with E-state index in [0.29, 0.717) is 5.56 Å². The molecule has 1 heterocycles. The van der Waals surface area contributed by atoms with Gasteiger partial charge in [0.05, 0.1) is 31.2 Å². The number of nitrogens with zero attached hydrogens (tertiary/aromatic N) is 2. The first-order chi connectivity index (χ1) is 8.24. The molecule has 0 bridgehead atoms. The molecule has 0 aliphatic carbocycles. The molecular weight excluding hydrogens is 220 g/mol. The van der Waals surface area contributed by atoms with E-state index in [-0.39, 0.29) is 6.61 Å². The zero-order valence-electron chi connectivity index (χ0n) is 9.33. The lowest BCUT2D eigenvalue weighted by Gasteiger charge is -2.01. The number of carbonyl (C=O) groups is 1. The van der Waals surface area contributed by atoms with Crippen LogP contribution in [-0.2, 0) is 11.3 Å². The zero-order chi connectivity index (χ0) is 12.3. The minimum absolute atomic E-state index is 0.00674. The zero-order valence-corrected chi connectivity index (χ0v) is 9.33. The molecule has 2 rings (SSSR count). The van der Waals surface area contributed by atoms with Crippen LogP contribution in [0.25, 0.3) is 5.69 Å². The molecule has 0 fully saturated rings. The Labute approximate surface area is 98.3 Å². The number of hydrogen-bond acceptors (Lipinski definition) is 4. The van der Waals surface area contributed by atoms with Gasteiger partial charge in [0.15, 0.2) is 0 Å². The van der Waals surface area contributed by atoms with E-state index in [1.807, 2.05) is 12.1 Å². The summed E-state index contributed by atoms with van der Waals surface area (Å²) in [7, 11) is 1.33. The standard InChI is InChI=1S/C12H12N2O3/c1-17-12(16)10-6-13-14(7-10)11-4-2-9(8-15)3-5-11/h2-7,15H,8H2,1H3. The van der Waals surface area contributed by atoms with Crippen molar-refractivity contribution in [1.29, 1.82) is 0 Å². The highest BCUT2D eigenvalue weighted by Crippen LogP contribution is 2.10. The van der Waals surface area contributed by atoms with E-state index >= 15 is 0 Å². The minimum atomic E-state index is -0.414. The summed E-state index contributed by atoms with van der Waals surface area (Å²) < 4.78 is 6.17. The van der Waals surface area contributed by atoms with Crippen LogP contribution in [-0.4, -0.2) is 28.0 Å². The summed E-state index contributed by atoms with van der Waals surface area (Å²) in [5, 5.41) is 13.0. The largest absolute Gasteiger partial charge is 0.465 e. The summed E-state index contributed by atoms with van der Waals surface area (Å²) in [6.07, 6.45) is 3.05. The molecule has 88 valence electrons. The molecule has 0 amide bonds. The summed E-state index contributed by atoms with van der Waals surface area (Å²) in [6, 6.07) is 7.24. The quantitative estimate of drug-likeness (QED) is 0.806. The number of methoxy groups -OCH3 is 1. The van der Waals surface area contributed by atoms with Crippen molar-refractivity contribution in [3.8, 4) is 5.69 Å². The topological polar surface area (TPSA) is 64.3 Å². The van der Waals surface area contributed by atoms with Gasteiger partial charge in [0.1, 0.15) is 0 Å². The number of rotatable bonds is 3. The molecule has 0 unspecified atom stereocenters. The van der Waals surface area contributed by atoms with Crippen molar-refractivity contribution in [3.63, 3.8) is 0 Å². The van der Waals surface area contributed by atoms with Crippen molar-refractivity contribution in [3.05, 3.63) is 47.8 Å². The number of ether oxygens (including phenoxy) is 1. The summed E-state index contributed by atoms with van der Waals surface area (Å²) in [5.41, 5.74) is 2.05. The van der Waals surface area contributed by atoms with Crippen molar-refractivity contribution >= 4 is 5.97 Å². The number of carbonyl (C=O) groups excluding carboxylic acids is 1. The van der Waals surface area contributed by atoms with Crippen molar-refractivity contribution < 1.29 is 14.6 Å². The number of aromatic nitrogens is 2. The van der Waals surface area contributed by atoms with E-state index in [1.54, 1.807) is 23.0 Å². The second-order valence-corrected chi connectivity index (χ2v) is 3.49. The van der Waals surface area contributed by atoms with Gasteiger partial charge in [-0.3, -0.25) is 0 Å². The van der Waals surface area contributed by atoms with E-state index in [9.17, 15) is 4.79 Å². The molecule has 0 saturated heterocycles. The van der Waals surface area contributed by atoms with Crippen LogP contribution in [0.1, 0.15) is 15.9 Å². The predicted molar refractivity (Wildman–Crippen MR) is 60.8 cm³/mol. The molecule has 0 radical (unpaired) electrons. The Morgan fingerprint density at radius 1 is 1.41 bits per heavy atom. The van der Waals surface area contributed by atoms with Crippen LogP contribution in [0.5, 0.6) is 0 Å². The lowest BCUT2D eigenvalue weighted by Crippen LogP contribution is -1.99. The summed E-state index contributed by atoms with van der Waals surface area (Å²) in [5.74, 6) is -0.414. The van der Waals surface area contributed by atoms with Crippen LogP contribution in [0.15, 0.2) is 36.7 Å². The smallest absolute Gasteiger partial charge is 0.341 e. The molecule has 0 atom stereocenters. The minimum Gasteiger partial charge on any atom is -0.465 e. The van der Waals surface area contributed by atoms with Crippen LogP contribution in [0.2, 0.25) is 0 Å². The number of benzene rings is 1. The van der Waals surface area contributed by atoms with Gasteiger partial charge in [-0.05, 0) is 17.7 Å². The molecule has 17 heavy (non-hydrogen) atoms. The van der Waals surface area contributed by atoms with Gasteiger partial charge in [-0.1, -0.05) is 12.1 Å². The fourth-order valence-corrected chi connectivity index (χ4v) is 1.44. The molecule has 5 heteroatoms. The summed E-state index contributed by atoms with van der Waals surface area (Å²) in [6.45, 7) is 0.00674. The first-order valence-corrected chi connectivity index (χ1v) is 5.07. The van der Waals surface area contributed by atoms with Gasteiger partial charge in [-0.15, -0.1) is 0 Å². The van der Waals surface area contributed by atoms with Crippen molar-refractivity contribution in [1.82, 2.24) is 9.78 Å². The average molecular weight is 232 g/mol. The van der Waals surface area contributed by atoms with E-state index in [4.69, 9.17) is 5.11 Å². The maximum Gasteiger partial charge on any atom is 0.341 e. The fraction of sp³-hybridized carbons (Fsp3) is 0.167. The SMILES string of the molecule is COC(=O)c1cnn(-c2ccc(CO)cc2)c1. The van der Waals surface area contributed by atoms with E-state index in [0.717, 1.165) is 11.3 Å². The fourth-order valence-electron chi connectivity index (χ4n) is 1.44. The highest BCUT2D eigenvalue weighted by Gasteiger charge is 2.08. The molecule has 0 aliphatic rings. The molecule has 0 saturated carbocycles. The number of hydrogen-bond donors (Lipinski definition) is 1. The Kier molecular flexibility index (Phi) is 3.20. The van der Waals surface area contributed by atoms with Crippen molar-refractivity contribution in [2.24, 2.45) is 0 Å². The van der Waals surface area contributed by atoms with Crippen LogP contribution in [0.3, 0.4) is 0 Å². The Morgan fingerprint density at radius 2 is 2.12 bits per heavy atom. The second-order valence-electron chi connectivity index (χ2n) is 3.49. The first-order valence-electron chi connectivity index (χ1n) is 5.07. The van der Waals surface area contributed by atoms with Crippen LogP contribution < -0.4 is 0 Å². The Hall–Kier alpha value is -2.14. The lowest BCUT2D eigenvalue weighted by molar-refractivity contribution is 0.0600. The number of aliphatic hydroxyl groups is 1. The summed E-state index contributed by atoms with van der Waals surface area (Å²) >= 11 is 0. The van der Waals surface area contributed by atoms with Crippen LogP contribution >= 0.6 is 0 Å². The monoisotopic (exact) mass is 232 g/mol. The van der Waals surface area contributed by atoms with Gasteiger partial charge in [-0.2, -0.15) is 5.10 Å². The molecule has 2 aromatic rings. The van der Waals surface area contributed by atoms with E-state index in [2.05, 4.69) is 9.84 Å². The maximum atomic E-state index is 11.2. The molecule has 1 aromatic heterocycles. The van der Waals surface area contributed by atoms with Gasteiger partial charge >= 0.3 is 5.97 Å². The first kappa shape index (κ1) is 11.3. The van der Waals surface area contributed by atoms with Crippen LogP contribution in [0.4, 0.5) is 0 Å². The molecule has 5 nitrogen and oxygen atoms in total. The molecular formula is C12H12N2O3. The summed E-state index contributed by atoms with van der Waals surface area (Å²) in [4.78, 5) is 11.2. The van der Waals surface area contributed by atoms with Gasteiger partial charge < -0.3 is 9.84 Å².